The number of anilines is 1. The van der Waals surface area contributed by atoms with Gasteiger partial charge < -0.3 is 19.1 Å². The van der Waals surface area contributed by atoms with Gasteiger partial charge in [-0.05, 0) is 50.9 Å². The van der Waals surface area contributed by atoms with Crippen molar-refractivity contribution in [1.29, 1.82) is 0 Å². The molecule has 0 unspecified atom stereocenters. The first kappa shape index (κ1) is 23.2. The molecule has 2 saturated heterocycles. The van der Waals surface area contributed by atoms with E-state index in [1.54, 1.807) is 7.11 Å². The summed E-state index contributed by atoms with van der Waals surface area (Å²) in [6.07, 6.45) is 6.25. The van der Waals surface area contributed by atoms with Gasteiger partial charge in [0, 0.05) is 35.0 Å². The topological polar surface area (TPSA) is 32.8 Å². The van der Waals surface area contributed by atoms with Gasteiger partial charge in [-0.2, -0.15) is 0 Å². The molecule has 3 aromatic carbocycles. The molecule has 178 valence electrons. The Morgan fingerprint density at radius 2 is 1.44 bits per heavy atom. The fraction of sp³-hybridized carbons (Fsp3) is 0.379. The number of rotatable bonds is 7. The maximum atomic E-state index is 15.3. The van der Waals surface area contributed by atoms with Crippen molar-refractivity contribution >= 4 is 28.7 Å². The second-order valence-corrected chi connectivity index (χ2v) is 12.2. The molecular weight excluding hydrogens is 439 g/mol. The van der Waals surface area contributed by atoms with Crippen molar-refractivity contribution < 1.29 is 9.30 Å². The van der Waals surface area contributed by atoms with Gasteiger partial charge >= 0.3 is 0 Å². The van der Waals surface area contributed by atoms with Crippen molar-refractivity contribution in [1.82, 2.24) is 4.90 Å². The third-order valence-electron chi connectivity index (χ3n) is 7.36. The average Bonchev–Trinajstić information content (AvgIpc) is 3.37. The van der Waals surface area contributed by atoms with E-state index in [0.29, 0.717) is 6.04 Å². The Bertz CT molecular complexity index is 1090. The SMILES string of the molecule is COc1cccc(P(=O)(c2ccccc2)c2ccccc2)c1N1CCC[C@H]1CN1CCCCC1. The second kappa shape index (κ2) is 10.4. The van der Waals surface area contributed by atoms with Gasteiger partial charge in [0.2, 0.25) is 0 Å². The van der Waals surface area contributed by atoms with Gasteiger partial charge in [0.25, 0.3) is 0 Å². The molecule has 0 aliphatic carbocycles. The van der Waals surface area contributed by atoms with E-state index in [9.17, 15) is 0 Å². The molecule has 2 heterocycles. The Morgan fingerprint density at radius 3 is 2.06 bits per heavy atom. The van der Waals surface area contributed by atoms with Crippen LogP contribution in [0.2, 0.25) is 0 Å². The first-order chi connectivity index (χ1) is 16.7. The van der Waals surface area contributed by atoms with Crippen molar-refractivity contribution in [3.63, 3.8) is 0 Å². The first-order valence-corrected chi connectivity index (χ1v) is 14.3. The summed E-state index contributed by atoms with van der Waals surface area (Å²) < 4.78 is 21.2. The number of benzene rings is 3. The molecule has 0 bridgehead atoms. The van der Waals surface area contributed by atoms with Gasteiger partial charge in [0.15, 0.2) is 7.14 Å². The quantitative estimate of drug-likeness (QED) is 0.461. The maximum absolute atomic E-state index is 15.3. The summed E-state index contributed by atoms with van der Waals surface area (Å²) >= 11 is 0. The summed E-state index contributed by atoms with van der Waals surface area (Å²) in [6, 6.07) is 26.4. The second-order valence-electron chi connectivity index (χ2n) is 9.46. The highest BCUT2D eigenvalue weighted by molar-refractivity contribution is 7.85. The molecule has 1 atom stereocenters. The Labute approximate surface area is 203 Å². The summed E-state index contributed by atoms with van der Waals surface area (Å²) in [5.74, 6) is 0.815. The molecule has 0 saturated carbocycles. The summed E-state index contributed by atoms with van der Waals surface area (Å²) in [6.45, 7) is 4.42. The van der Waals surface area contributed by atoms with Crippen LogP contribution in [0.3, 0.4) is 0 Å². The van der Waals surface area contributed by atoms with Gasteiger partial charge in [-0.3, -0.25) is 0 Å². The highest BCUT2D eigenvalue weighted by Gasteiger charge is 2.38. The van der Waals surface area contributed by atoms with Crippen LogP contribution < -0.4 is 25.6 Å². The minimum atomic E-state index is -3.11. The van der Waals surface area contributed by atoms with E-state index in [0.717, 1.165) is 53.3 Å². The van der Waals surface area contributed by atoms with E-state index in [-0.39, 0.29) is 0 Å². The molecule has 0 amide bonds. The maximum Gasteiger partial charge on any atom is 0.173 e. The van der Waals surface area contributed by atoms with Crippen LogP contribution in [0, 0.1) is 0 Å². The number of nitrogens with zero attached hydrogens (tertiary/aromatic N) is 2. The molecule has 0 aromatic heterocycles. The summed E-state index contributed by atoms with van der Waals surface area (Å²) in [4.78, 5) is 5.12. The largest absolute Gasteiger partial charge is 0.495 e. The van der Waals surface area contributed by atoms with E-state index >= 15 is 4.57 Å². The molecule has 2 aliphatic heterocycles. The number of hydrogen-bond donors (Lipinski definition) is 0. The standard InChI is InChI=1S/C29H35N2O2P/c1-33-27-18-11-19-28(29(27)31-22-12-13-24(31)23-30-20-9-4-10-21-30)34(32,25-14-5-2-6-15-25)26-16-7-3-8-17-26/h2-3,5-8,11,14-19,24H,4,9-10,12-13,20-23H2,1H3/t24-/m0/s1. The average molecular weight is 475 g/mol. The lowest BCUT2D eigenvalue weighted by Crippen LogP contribution is -2.44. The molecule has 0 N–H and O–H groups in total. The van der Waals surface area contributed by atoms with E-state index in [4.69, 9.17) is 4.74 Å². The molecule has 3 aromatic rings. The number of para-hydroxylation sites is 1. The summed E-state index contributed by atoms with van der Waals surface area (Å²) in [5.41, 5.74) is 1.01. The van der Waals surface area contributed by atoms with Gasteiger partial charge in [0.05, 0.1) is 12.8 Å². The van der Waals surface area contributed by atoms with Gasteiger partial charge in [-0.1, -0.05) is 73.2 Å². The van der Waals surface area contributed by atoms with Crippen molar-refractivity contribution in [3.8, 4) is 5.75 Å². The minimum Gasteiger partial charge on any atom is -0.495 e. The zero-order valence-corrected chi connectivity index (χ0v) is 21.0. The molecule has 0 spiro atoms. The minimum absolute atomic E-state index is 0.410. The number of ether oxygens (including phenoxy) is 1. The predicted octanol–water partition coefficient (Wildman–Crippen LogP) is 4.79. The highest BCUT2D eigenvalue weighted by Crippen LogP contribution is 2.48. The molecular formula is C29H35N2O2P. The predicted molar refractivity (Wildman–Crippen MR) is 143 cm³/mol. The van der Waals surface area contributed by atoms with Crippen molar-refractivity contribution in [3.05, 3.63) is 78.9 Å². The van der Waals surface area contributed by atoms with Crippen LogP contribution in [0.15, 0.2) is 78.9 Å². The molecule has 4 nitrogen and oxygen atoms in total. The lowest BCUT2D eigenvalue weighted by atomic mass is 10.1. The van der Waals surface area contributed by atoms with Gasteiger partial charge in [-0.15, -0.1) is 0 Å². The lowest BCUT2D eigenvalue weighted by Gasteiger charge is -2.36. The van der Waals surface area contributed by atoms with E-state index < -0.39 is 7.14 Å². The van der Waals surface area contributed by atoms with E-state index in [2.05, 4.69) is 15.9 Å². The van der Waals surface area contributed by atoms with Crippen LogP contribution in [0.5, 0.6) is 5.75 Å². The summed E-state index contributed by atoms with van der Waals surface area (Å²) in [7, 11) is -1.38. The fourth-order valence-electron chi connectivity index (χ4n) is 5.68. The van der Waals surface area contributed by atoms with Crippen LogP contribution in [-0.2, 0) is 4.57 Å². The van der Waals surface area contributed by atoms with Gasteiger partial charge in [-0.25, -0.2) is 0 Å². The number of piperidine rings is 1. The lowest BCUT2D eigenvalue weighted by molar-refractivity contribution is 0.216. The number of likely N-dealkylation sites (tertiary alicyclic amines) is 1. The van der Waals surface area contributed by atoms with E-state index in [1.807, 2.05) is 72.8 Å². The Kier molecular flexibility index (Phi) is 7.08. The van der Waals surface area contributed by atoms with Crippen LogP contribution in [0.25, 0.3) is 0 Å². The van der Waals surface area contributed by atoms with Crippen LogP contribution in [-0.4, -0.2) is 44.2 Å². The van der Waals surface area contributed by atoms with Crippen molar-refractivity contribution in [2.75, 3.05) is 38.2 Å². The zero-order valence-electron chi connectivity index (χ0n) is 20.1. The van der Waals surface area contributed by atoms with E-state index in [1.165, 1.54) is 32.4 Å². The normalized spacial score (nSPS) is 19.3. The summed E-state index contributed by atoms with van der Waals surface area (Å²) in [5, 5.41) is 2.61. The molecule has 34 heavy (non-hydrogen) atoms. The molecule has 5 heteroatoms. The van der Waals surface area contributed by atoms with Crippen molar-refractivity contribution in [2.45, 2.75) is 38.1 Å². The Hall–Kier alpha value is -2.55. The van der Waals surface area contributed by atoms with Crippen LogP contribution in [0.1, 0.15) is 32.1 Å². The molecule has 0 radical (unpaired) electrons. The monoisotopic (exact) mass is 474 g/mol. The highest BCUT2D eigenvalue weighted by atomic mass is 31.2. The third-order valence-corrected chi connectivity index (χ3v) is 10.4. The van der Waals surface area contributed by atoms with Crippen molar-refractivity contribution in [2.24, 2.45) is 0 Å². The fourth-order valence-corrected chi connectivity index (χ4v) is 8.55. The van der Waals surface area contributed by atoms with Crippen LogP contribution in [0.4, 0.5) is 5.69 Å². The third kappa shape index (κ3) is 4.42. The smallest absolute Gasteiger partial charge is 0.173 e. The Morgan fingerprint density at radius 1 is 0.794 bits per heavy atom. The molecule has 2 aliphatic rings. The first-order valence-electron chi connectivity index (χ1n) is 12.6. The van der Waals surface area contributed by atoms with Crippen LogP contribution >= 0.6 is 7.14 Å². The number of methoxy groups -OCH3 is 1. The zero-order chi connectivity index (χ0) is 23.4. The molecule has 2 fully saturated rings. The van der Waals surface area contributed by atoms with Gasteiger partial charge in [0.1, 0.15) is 5.75 Å². The number of hydrogen-bond acceptors (Lipinski definition) is 4. The molecule has 5 rings (SSSR count). The Balaban J connectivity index is 1.64.